The van der Waals surface area contributed by atoms with E-state index in [1.54, 1.807) is 17.2 Å². The van der Waals surface area contributed by atoms with Gasteiger partial charge in [-0.3, -0.25) is 9.59 Å². The van der Waals surface area contributed by atoms with Crippen LogP contribution in [0.4, 0.5) is 0 Å². The minimum atomic E-state index is -0.176. The van der Waals surface area contributed by atoms with Crippen molar-refractivity contribution >= 4 is 16.8 Å². The van der Waals surface area contributed by atoms with E-state index in [2.05, 4.69) is 13.0 Å². The number of pyridine rings is 1. The van der Waals surface area contributed by atoms with Gasteiger partial charge in [0.15, 0.2) is 0 Å². The number of unbranched alkanes of at least 4 members (excludes halogenated alkanes) is 1. The lowest BCUT2D eigenvalue weighted by Crippen LogP contribution is -2.38. The van der Waals surface area contributed by atoms with Crippen molar-refractivity contribution < 1.29 is 4.79 Å². The number of benzene rings is 1. The van der Waals surface area contributed by atoms with Crippen molar-refractivity contribution in [2.75, 3.05) is 6.54 Å². The highest BCUT2D eigenvalue weighted by Gasteiger charge is 2.27. The highest BCUT2D eigenvalue weighted by atomic mass is 16.2. The van der Waals surface area contributed by atoms with Crippen LogP contribution in [0.5, 0.6) is 0 Å². The van der Waals surface area contributed by atoms with Crippen LogP contribution >= 0.6 is 0 Å². The molecule has 0 N–H and O–H groups in total. The number of carbonyl (C=O) groups is 1. The Hall–Kier alpha value is -2.36. The van der Waals surface area contributed by atoms with E-state index in [4.69, 9.17) is 0 Å². The van der Waals surface area contributed by atoms with Crippen LogP contribution in [-0.2, 0) is 7.05 Å². The third kappa shape index (κ3) is 2.81. The molecule has 1 amide bonds. The zero-order valence-corrected chi connectivity index (χ0v) is 13.7. The third-order valence-electron chi connectivity index (χ3n) is 4.50. The van der Waals surface area contributed by atoms with Gasteiger partial charge >= 0.3 is 0 Å². The largest absolute Gasteiger partial charge is 0.350 e. The molecule has 0 saturated carbocycles. The number of aryl methyl sites for hydroxylation is 1. The Bertz CT molecular complexity index is 820. The van der Waals surface area contributed by atoms with Crippen LogP contribution in [0.1, 0.15) is 36.5 Å². The number of hydrogen-bond donors (Lipinski definition) is 0. The molecule has 1 atom stereocenters. The summed E-state index contributed by atoms with van der Waals surface area (Å²) in [5, 5.41) is 0.595. The Morgan fingerprint density at radius 3 is 2.87 bits per heavy atom. The Labute approximate surface area is 136 Å². The molecular formula is C19H22N2O2. The molecule has 4 nitrogen and oxygen atoms in total. The Morgan fingerprint density at radius 1 is 1.30 bits per heavy atom. The molecule has 0 bridgehead atoms. The minimum Gasteiger partial charge on any atom is -0.350 e. The van der Waals surface area contributed by atoms with Gasteiger partial charge in [-0.05, 0) is 18.6 Å². The molecule has 2 heterocycles. The normalized spacial score (nSPS) is 17.1. The fourth-order valence-electron chi connectivity index (χ4n) is 3.22. The lowest BCUT2D eigenvalue weighted by atomic mass is 10.1. The summed E-state index contributed by atoms with van der Waals surface area (Å²) in [6, 6.07) is 7.52. The molecule has 1 aromatic heterocycles. The second-order valence-corrected chi connectivity index (χ2v) is 6.10. The predicted octanol–water partition coefficient (Wildman–Crippen LogP) is 3.11. The molecule has 3 rings (SSSR count). The van der Waals surface area contributed by atoms with Crippen molar-refractivity contribution in [1.82, 2.24) is 9.47 Å². The number of nitrogens with zero attached hydrogens (tertiary/aromatic N) is 2. The monoisotopic (exact) mass is 310 g/mol. The number of para-hydroxylation sites is 1. The molecule has 1 aromatic carbocycles. The van der Waals surface area contributed by atoms with E-state index in [9.17, 15) is 9.59 Å². The highest BCUT2D eigenvalue weighted by Crippen LogP contribution is 2.19. The zero-order valence-electron chi connectivity index (χ0n) is 13.7. The van der Waals surface area contributed by atoms with Gasteiger partial charge in [-0.2, -0.15) is 0 Å². The molecule has 0 aliphatic carbocycles. The second-order valence-electron chi connectivity index (χ2n) is 6.10. The van der Waals surface area contributed by atoms with E-state index in [-0.39, 0.29) is 22.9 Å². The van der Waals surface area contributed by atoms with Gasteiger partial charge in [-0.1, -0.05) is 44.1 Å². The summed E-state index contributed by atoms with van der Waals surface area (Å²) < 4.78 is 1.86. The quantitative estimate of drug-likeness (QED) is 0.814. The smallest absolute Gasteiger partial charge is 0.260 e. The van der Waals surface area contributed by atoms with Crippen LogP contribution in [0.25, 0.3) is 10.9 Å². The lowest BCUT2D eigenvalue weighted by molar-refractivity contribution is 0.0741. The van der Waals surface area contributed by atoms with Gasteiger partial charge in [0, 0.05) is 25.2 Å². The van der Waals surface area contributed by atoms with Gasteiger partial charge < -0.3 is 9.47 Å². The average Bonchev–Trinajstić information content (AvgIpc) is 3.04. The Balaban J connectivity index is 1.98. The van der Waals surface area contributed by atoms with Crippen LogP contribution in [0.2, 0.25) is 0 Å². The number of amides is 1. The van der Waals surface area contributed by atoms with Crippen molar-refractivity contribution in [1.29, 1.82) is 0 Å². The Morgan fingerprint density at radius 2 is 2.09 bits per heavy atom. The van der Waals surface area contributed by atoms with Gasteiger partial charge in [0.05, 0.1) is 11.6 Å². The summed E-state index contributed by atoms with van der Waals surface area (Å²) in [6.45, 7) is 2.73. The molecule has 0 saturated heterocycles. The van der Waals surface area contributed by atoms with Crippen molar-refractivity contribution in [3.63, 3.8) is 0 Å². The van der Waals surface area contributed by atoms with Crippen LogP contribution in [0.3, 0.4) is 0 Å². The van der Waals surface area contributed by atoms with E-state index in [1.165, 1.54) is 0 Å². The maximum absolute atomic E-state index is 12.9. The van der Waals surface area contributed by atoms with Crippen LogP contribution in [-0.4, -0.2) is 28.0 Å². The van der Waals surface area contributed by atoms with Crippen LogP contribution in [0, 0.1) is 0 Å². The zero-order chi connectivity index (χ0) is 16.4. The molecule has 0 fully saturated rings. The van der Waals surface area contributed by atoms with Gasteiger partial charge in [-0.15, -0.1) is 0 Å². The fourth-order valence-corrected chi connectivity index (χ4v) is 3.22. The van der Waals surface area contributed by atoms with Crippen LogP contribution in [0.15, 0.2) is 47.4 Å². The second kappa shape index (κ2) is 6.41. The summed E-state index contributed by atoms with van der Waals surface area (Å²) in [4.78, 5) is 27.4. The predicted molar refractivity (Wildman–Crippen MR) is 92.7 cm³/mol. The first kappa shape index (κ1) is 15.5. The van der Waals surface area contributed by atoms with Crippen molar-refractivity contribution in [2.24, 2.45) is 7.05 Å². The van der Waals surface area contributed by atoms with E-state index in [1.807, 2.05) is 35.9 Å². The summed E-state index contributed by atoms with van der Waals surface area (Å²) in [6.07, 6.45) is 8.90. The number of carbonyl (C=O) groups excluding carboxylic acids is 1. The van der Waals surface area contributed by atoms with E-state index in [0.717, 1.165) is 24.8 Å². The molecule has 2 aromatic rings. The fraction of sp³-hybridized carbons (Fsp3) is 0.368. The van der Waals surface area contributed by atoms with Crippen molar-refractivity contribution in [3.05, 3.63) is 58.4 Å². The van der Waals surface area contributed by atoms with Gasteiger partial charge in [-0.25, -0.2) is 0 Å². The highest BCUT2D eigenvalue weighted by molar-refractivity contribution is 5.97. The van der Waals surface area contributed by atoms with E-state index < -0.39 is 0 Å². The number of aromatic nitrogens is 1. The number of fused-ring (bicyclic) bond motifs is 1. The van der Waals surface area contributed by atoms with E-state index >= 15 is 0 Å². The SMILES string of the molecule is CCCCC1C=CCN1C(=O)c1cn(C)c2ccccc2c1=O. The molecule has 23 heavy (non-hydrogen) atoms. The molecule has 0 radical (unpaired) electrons. The molecular weight excluding hydrogens is 288 g/mol. The van der Waals surface area contributed by atoms with Crippen molar-refractivity contribution in [2.45, 2.75) is 32.2 Å². The maximum Gasteiger partial charge on any atom is 0.260 e. The Kier molecular flexibility index (Phi) is 4.33. The first-order valence-corrected chi connectivity index (χ1v) is 8.19. The lowest BCUT2D eigenvalue weighted by Gasteiger charge is -2.24. The molecule has 1 aliphatic heterocycles. The summed E-state index contributed by atoms with van der Waals surface area (Å²) in [5.74, 6) is -0.164. The average molecular weight is 310 g/mol. The number of hydrogen-bond acceptors (Lipinski definition) is 2. The maximum atomic E-state index is 12.9. The first-order chi connectivity index (χ1) is 11.1. The standard InChI is InChI=1S/C19H22N2O2/c1-3-4-8-14-9-7-12-21(14)19(23)16-13-20(2)17-11-6-5-10-15(17)18(16)22/h5-7,9-11,13-14H,3-4,8,12H2,1-2H3. The van der Waals surface area contributed by atoms with Gasteiger partial charge in [0.2, 0.25) is 5.43 Å². The van der Waals surface area contributed by atoms with Gasteiger partial charge in [0.1, 0.15) is 5.56 Å². The summed E-state index contributed by atoms with van der Waals surface area (Å²) in [7, 11) is 1.87. The summed E-state index contributed by atoms with van der Waals surface area (Å²) >= 11 is 0. The number of rotatable bonds is 4. The third-order valence-corrected chi connectivity index (χ3v) is 4.50. The van der Waals surface area contributed by atoms with E-state index in [0.29, 0.717) is 11.9 Å². The first-order valence-electron chi connectivity index (χ1n) is 8.19. The van der Waals surface area contributed by atoms with Crippen LogP contribution < -0.4 is 5.43 Å². The van der Waals surface area contributed by atoms with Crippen molar-refractivity contribution in [3.8, 4) is 0 Å². The molecule has 1 aliphatic rings. The minimum absolute atomic E-state index is 0.110. The molecule has 1 unspecified atom stereocenters. The molecule has 0 spiro atoms. The topological polar surface area (TPSA) is 42.3 Å². The summed E-state index contributed by atoms with van der Waals surface area (Å²) in [5.41, 5.74) is 0.928. The van der Waals surface area contributed by atoms with Gasteiger partial charge in [0.25, 0.3) is 5.91 Å². The molecule has 4 heteroatoms. The molecule has 120 valence electrons.